The zero-order valence-corrected chi connectivity index (χ0v) is 15.6. The Kier molecular flexibility index (Phi) is 7.32. The van der Waals surface area contributed by atoms with Crippen LogP contribution in [0.3, 0.4) is 0 Å². The number of nitrogens with zero attached hydrogens (tertiary/aromatic N) is 3. The molecule has 0 amide bonds. The third-order valence-electron chi connectivity index (χ3n) is 3.78. The molecule has 0 aliphatic heterocycles. The summed E-state index contributed by atoms with van der Waals surface area (Å²) in [5, 5.41) is 24.2. The molecule has 1 aromatic heterocycles. The summed E-state index contributed by atoms with van der Waals surface area (Å²) in [4.78, 5) is 15.0. The fraction of sp³-hybridized carbons (Fsp3) is 0.294. The van der Waals surface area contributed by atoms with Crippen molar-refractivity contribution in [3.63, 3.8) is 0 Å². The van der Waals surface area contributed by atoms with Crippen molar-refractivity contribution < 1.29 is 29.0 Å². The molecule has 0 saturated heterocycles. The largest absolute Gasteiger partial charge is 0.506 e. The molecule has 0 saturated carbocycles. The number of anilines is 2. The summed E-state index contributed by atoms with van der Waals surface area (Å²) < 4.78 is 24.9. The molecule has 11 heteroatoms. The first-order valence-corrected chi connectivity index (χ1v) is 8.15. The molecule has 1 heterocycles. The van der Waals surface area contributed by atoms with Crippen LogP contribution in [0.1, 0.15) is 5.56 Å². The highest BCUT2D eigenvalue weighted by molar-refractivity contribution is 5.66. The third kappa shape index (κ3) is 4.76. The standard InChI is InChI=1S/C17H22FN5O5/c1-19-23(26)22(4-5-24)17-12(18)6-11(7-13(17)25)9-20-16-8-14(27-2)15(28-3)10-21-16/h5-8,10,19,25-26H,4,9H2,1-3H3,(H,20,21). The lowest BCUT2D eigenvalue weighted by Crippen LogP contribution is -2.48. The van der Waals surface area contributed by atoms with Gasteiger partial charge in [-0.3, -0.25) is 10.2 Å². The number of carbonyl (C=O) groups excluding carboxylic acids is 1. The number of aromatic nitrogens is 1. The van der Waals surface area contributed by atoms with Crippen LogP contribution in [0.4, 0.5) is 15.9 Å². The minimum Gasteiger partial charge on any atom is -0.506 e. The van der Waals surface area contributed by atoms with E-state index in [0.717, 1.165) is 5.01 Å². The van der Waals surface area contributed by atoms with Crippen LogP contribution in [0.25, 0.3) is 0 Å². The third-order valence-corrected chi connectivity index (χ3v) is 3.78. The maximum atomic E-state index is 14.6. The van der Waals surface area contributed by atoms with E-state index in [-0.39, 0.29) is 18.8 Å². The van der Waals surface area contributed by atoms with E-state index in [1.807, 2.05) is 0 Å². The van der Waals surface area contributed by atoms with E-state index >= 15 is 0 Å². The predicted octanol–water partition coefficient (Wildman–Crippen LogP) is 1.30. The van der Waals surface area contributed by atoms with E-state index in [1.165, 1.54) is 39.6 Å². The van der Waals surface area contributed by atoms with E-state index in [1.54, 1.807) is 6.07 Å². The monoisotopic (exact) mass is 395 g/mol. The molecular weight excluding hydrogens is 373 g/mol. The molecule has 0 aliphatic rings. The molecule has 152 valence electrons. The van der Waals surface area contributed by atoms with Gasteiger partial charge in [0.1, 0.15) is 23.5 Å². The summed E-state index contributed by atoms with van der Waals surface area (Å²) in [6.45, 7) is -0.231. The summed E-state index contributed by atoms with van der Waals surface area (Å²) in [6.07, 6.45) is 1.94. The van der Waals surface area contributed by atoms with Crippen LogP contribution in [0.15, 0.2) is 24.4 Å². The summed E-state index contributed by atoms with van der Waals surface area (Å²) in [5.41, 5.74) is 2.38. The van der Waals surface area contributed by atoms with Crippen molar-refractivity contribution in [1.29, 1.82) is 0 Å². The second-order valence-electron chi connectivity index (χ2n) is 5.49. The van der Waals surface area contributed by atoms with Gasteiger partial charge in [0.05, 0.1) is 27.0 Å². The number of benzene rings is 1. The number of ether oxygens (including phenoxy) is 2. The van der Waals surface area contributed by atoms with Crippen molar-refractivity contribution in [1.82, 2.24) is 15.7 Å². The number of methoxy groups -OCH3 is 2. The number of phenols is 1. The first-order chi connectivity index (χ1) is 13.4. The Morgan fingerprint density at radius 3 is 2.54 bits per heavy atom. The molecule has 28 heavy (non-hydrogen) atoms. The quantitative estimate of drug-likeness (QED) is 0.346. The van der Waals surface area contributed by atoms with Gasteiger partial charge in [-0.15, -0.1) is 0 Å². The van der Waals surface area contributed by atoms with Gasteiger partial charge >= 0.3 is 0 Å². The number of halogens is 1. The number of rotatable bonds is 10. The predicted molar refractivity (Wildman–Crippen MR) is 98.8 cm³/mol. The van der Waals surface area contributed by atoms with Crippen LogP contribution in [0.2, 0.25) is 0 Å². The Morgan fingerprint density at radius 1 is 1.25 bits per heavy atom. The first-order valence-electron chi connectivity index (χ1n) is 8.15. The normalized spacial score (nSPS) is 10.6. The van der Waals surface area contributed by atoms with E-state index in [0.29, 0.717) is 34.4 Å². The van der Waals surface area contributed by atoms with Crippen LogP contribution in [-0.4, -0.2) is 54.7 Å². The fourth-order valence-electron chi connectivity index (χ4n) is 2.48. The number of hydrogen-bond acceptors (Lipinski definition) is 10. The number of hydrazine groups is 2. The van der Waals surface area contributed by atoms with E-state index < -0.39 is 11.6 Å². The molecule has 0 unspecified atom stereocenters. The van der Waals surface area contributed by atoms with E-state index in [2.05, 4.69) is 15.7 Å². The molecule has 2 aromatic rings. The Balaban J connectivity index is 2.21. The Labute approximate surface area is 161 Å². The van der Waals surface area contributed by atoms with Crippen LogP contribution in [0, 0.1) is 5.82 Å². The van der Waals surface area contributed by atoms with Gasteiger partial charge in [0.2, 0.25) is 0 Å². The molecule has 0 aliphatic carbocycles. The van der Waals surface area contributed by atoms with Crippen LogP contribution in [-0.2, 0) is 11.3 Å². The van der Waals surface area contributed by atoms with Crippen LogP contribution < -0.4 is 25.2 Å². The zero-order valence-electron chi connectivity index (χ0n) is 15.6. The smallest absolute Gasteiger partial charge is 0.179 e. The summed E-state index contributed by atoms with van der Waals surface area (Å²) in [7, 11) is 4.35. The zero-order chi connectivity index (χ0) is 20.7. The SMILES string of the molecule is CNN(O)N(CC=O)c1c(O)cc(CNc2cc(OC)c(OC)cn2)cc1F. The number of phenolic OH excluding ortho intramolecular Hbond substituents is 1. The molecule has 10 nitrogen and oxygen atoms in total. The maximum Gasteiger partial charge on any atom is 0.179 e. The van der Waals surface area contributed by atoms with E-state index in [9.17, 15) is 19.5 Å². The lowest BCUT2D eigenvalue weighted by molar-refractivity contribution is -0.144. The lowest BCUT2D eigenvalue weighted by atomic mass is 10.1. The van der Waals surface area contributed by atoms with Crippen molar-refractivity contribution >= 4 is 17.8 Å². The summed E-state index contributed by atoms with van der Waals surface area (Å²) in [6, 6.07) is 4.10. The van der Waals surface area contributed by atoms with Crippen molar-refractivity contribution in [2.75, 3.05) is 38.1 Å². The fourth-order valence-corrected chi connectivity index (χ4v) is 2.48. The molecule has 0 fully saturated rings. The number of nitrogens with one attached hydrogen (secondary N) is 2. The molecule has 0 radical (unpaired) electrons. The molecule has 0 atom stereocenters. The number of aromatic hydroxyl groups is 1. The number of pyridine rings is 1. The average molecular weight is 395 g/mol. The second kappa shape index (κ2) is 9.69. The molecule has 2 rings (SSSR count). The first kappa shape index (κ1) is 21.2. The van der Waals surface area contributed by atoms with Gasteiger partial charge in [-0.05, 0) is 23.0 Å². The number of carbonyl (C=O) groups is 1. The average Bonchev–Trinajstić information content (AvgIpc) is 2.70. The van der Waals surface area contributed by atoms with Gasteiger partial charge in [-0.2, -0.15) is 0 Å². The van der Waals surface area contributed by atoms with E-state index in [4.69, 9.17) is 9.47 Å². The van der Waals surface area contributed by atoms with Gasteiger partial charge in [-0.25, -0.2) is 14.8 Å². The number of aldehydes is 1. The minimum absolute atomic E-state index is 0.149. The van der Waals surface area contributed by atoms with Gasteiger partial charge < -0.3 is 24.7 Å². The molecular formula is C17H22FN5O5. The van der Waals surface area contributed by atoms with Crippen molar-refractivity contribution in [3.05, 3.63) is 35.8 Å². The van der Waals surface area contributed by atoms with Gasteiger partial charge in [-0.1, -0.05) is 0 Å². The van der Waals surface area contributed by atoms with Gasteiger partial charge in [0, 0.05) is 19.7 Å². The van der Waals surface area contributed by atoms with Gasteiger partial charge in [0.15, 0.2) is 17.3 Å². The highest BCUT2D eigenvalue weighted by Gasteiger charge is 2.22. The Bertz CT molecular complexity index is 800. The van der Waals surface area contributed by atoms with Gasteiger partial charge in [0.25, 0.3) is 0 Å². The van der Waals surface area contributed by atoms with Crippen molar-refractivity contribution in [2.45, 2.75) is 6.54 Å². The summed E-state index contributed by atoms with van der Waals surface area (Å²) >= 11 is 0. The molecule has 0 spiro atoms. The highest BCUT2D eigenvalue weighted by atomic mass is 19.1. The van der Waals surface area contributed by atoms with Crippen molar-refractivity contribution in [2.24, 2.45) is 0 Å². The van der Waals surface area contributed by atoms with Crippen LogP contribution >= 0.6 is 0 Å². The Morgan fingerprint density at radius 2 is 1.96 bits per heavy atom. The van der Waals surface area contributed by atoms with Crippen molar-refractivity contribution in [3.8, 4) is 17.2 Å². The lowest BCUT2D eigenvalue weighted by Gasteiger charge is -2.29. The molecule has 0 bridgehead atoms. The molecule has 1 aromatic carbocycles. The molecule has 4 N–H and O–H groups in total. The number of hydrogen-bond donors (Lipinski definition) is 4. The van der Waals surface area contributed by atoms with Crippen LogP contribution in [0.5, 0.6) is 17.2 Å². The minimum atomic E-state index is -0.826. The summed E-state index contributed by atoms with van der Waals surface area (Å²) in [5.74, 6) is 0.126. The second-order valence-corrected chi connectivity index (χ2v) is 5.49. The highest BCUT2D eigenvalue weighted by Crippen LogP contribution is 2.33. The topological polar surface area (TPSA) is 119 Å². The maximum absolute atomic E-state index is 14.6. The Hall–Kier alpha value is -3.15.